The number of nitrogens with one attached hydrogen (secondary N) is 1. The summed E-state index contributed by atoms with van der Waals surface area (Å²) in [5, 5.41) is 12.4. The van der Waals surface area contributed by atoms with Crippen molar-refractivity contribution in [1.82, 2.24) is 5.32 Å². The van der Waals surface area contributed by atoms with Gasteiger partial charge in [0.1, 0.15) is 0 Å². The maximum atomic E-state index is 9.41. The van der Waals surface area contributed by atoms with Crippen molar-refractivity contribution in [2.45, 2.75) is 40.2 Å². The van der Waals surface area contributed by atoms with Crippen LogP contribution in [0, 0.1) is 5.41 Å². The molecule has 1 atom stereocenters. The maximum absolute atomic E-state index is 9.41. The fraction of sp³-hybridized carbons (Fsp3) is 1.00. The highest BCUT2D eigenvalue weighted by molar-refractivity contribution is 7.98. The first kappa shape index (κ1) is 14.2. The van der Waals surface area contributed by atoms with Crippen LogP contribution in [0.25, 0.3) is 0 Å². The second-order valence-electron chi connectivity index (χ2n) is 4.52. The summed E-state index contributed by atoms with van der Waals surface area (Å²) < 4.78 is 5.16. The van der Waals surface area contributed by atoms with Gasteiger partial charge >= 0.3 is 0 Å². The molecule has 4 heteroatoms. The Labute approximate surface area is 91.6 Å². The van der Waals surface area contributed by atoms with Gasteiger partial charge in [-0.25, -0.2) is 0 Å². The van der Waals surface area contributed by atoms with Crippen LogP contribution in [0.3, 0.4) is 0 Å². The van der Waals surface area contributed by atoms with Gasteiger partial charge in [-0.2, -0.15) is 11.8 Å². The molecule has 0 unspecified atom stereocenters. The molecule has 86 valence electrons. The lowest BCUT2D eigenvalue weighted by molar-refractivity contribution is -0.146. The summed E-state index contributed by atoms with van der Waals surface area (Å²) in [5.41, 5.74) is 0.181. The normalized spacial score (nSPS) is 14.8. The molecule has 0 aromatic heterocycles. The second-order valence-corrected chi connectivity index (χ2v) is 5.38. The van der Waals surface area contributed by atoms with Gasteiger partial charge in [0.15, 0.2) is 0 Å². The number of rotatable bonds is 7. The summed E-state index contributed by atoms with van der Waals surface area (Å²) in [6, 6.07) is 0. The van der Waals surface area contributed by atoms with E-state index in [9.17, 15) is 5.11 Å². The molecule has 0 heterocycles. The number of thioether (sulfide) groups is 1. The van der Waals surface area contributed by atoms with Gasteiger partial charge in [-0.05, 0) is 31.3 Å². The van der Waals surface area contributed by atoms with Gasteiger partial charge in [0.2, 0.25) is 6.41 Å². The van der Waals surface area contributed by atoms with Crippen molar-refractivity contribution < 1.29 is 9.84 Å². The van der Waals surface area contributed by atoms with E-state index in [4.69, 9.17) is 4.74 Å². The van der Waals surface area contributed by atoms with Gasteiger partial charge < -0.3 is 9.84 Å². The van der Waals surface area contributed by atoms with Crippen molar-refractivity contribution in [1.29, 1.82) is 0 Å². The minimum absolute atomic E-state index is 0.0427. The van der Waals surface area contributed by atoms with Gasteiger partial charge in [-0.3, -0.25) is 5.32 Å². The van der Waals surface area contributed by atoms with E-state index in [1.165, 1.54) is 0 Å². The molecule has 0 aliphatic heterocycles. The number of hydrogen-bond acceptors (Lipinski definition) is 4. The fourth-order valence-electron chi connectivity index (χ4n) is 1.11. The van der Waals surface area contributed by atoms with E-state index >= 15 is 0 Å². The van der Waals surface area contributed by atoms with Crippen LogP contribution in [-0.4, -0.2) is 36.2 Å². The van der Waals surface area contributed by atoms with Crippen molar-refractivity contribution in [3.05, 3.63) is 0 Å². The summed E-state index contributed by atoms with van der Waals surface area (Å²) in [7, 11) is 0. The van der Waals surface area contributed by atoms with Crippen molar-refractivity contribution in [3.8, 4) is 0 Å². The van der Waals surface area contributed by atoms with Crippen LogP contribution in [-0.2, 0) is 4.74 Å². The molecule has 0 saturated carbocycles. The van der Waals surface area contributed by atoms with Crippen LogP contribution in [0.4, 0.5) is 0 Å². The molecule has 0 fully saturated rings. The van der Waals surface area contributed by atoms with E-state index in [2.05, 4.69) is 25.4 Å². The highest BCUT2D eigenvalue weighted by Gasteiger charge is 2.18. The smallest absolute Gasteiger partial charge is 0.213 e. The van der Waals surface area contributed by atoms with Gasteiger partial charge in [0, 0.05) is 6.54 Å². The molecule has 0 aromatic rings. The molecule has 0 rings (SSSR count). The van der Waals surface area contributed by atoms with Crippen molar-refractivity contribution in [3.63, 3.8) is 0 Å². The maximum Gasteiger partial charge on any atom is 0.213 e. The summed E-state index contributed by atoms with van der Waals surface area (Å²) in [5.74, 6) is 1.06. The average Bonchev–Trinajstić information content (AvgIpc) is 2.00. The molecular weight excluding hydrogens is 198 g/mol. The van der Waals surface area contributed by atoms with Gasteiger partial charge in [0.05, 0.1) is 6.10 Å². The standard InChI is InChI=1S/C10H23NO2S/c1-8(2)13-9(12)11-6-10(3,4)7-14-5/h8-9,11-12H,6-7H2,1-5H3/t9-/m0/s1. The summed E-state index contributed by atoms with van der Waals surface area (Å²) in [6.45, 7) is 8.88. The Kier molecular flexibility index (Phi) is 6.78. The van der Waals surface area contributed by atoms with Crippen LogP contribution in [0.5, 0.6) is 0 Å². The first-order valence-corrected chi connectivity index (χ1v) is 6.32. The molecule has 0 saturated heterocycles. The Morgan fingerprint density at radius 2 is 2.00 bits per heavy atom. The SMILES string of the molecule is CSCC(C)(C)CN[C@@H](O)OC(C)C. The van der Waals surface area contributed by atoms with Gasteiger partial charge in [-0.1, -0.05) is 13.8 Å². The summed E-state index contributed by atoms with van der Waals surface area (Å²) in [6.07, 6.45) is 1.28. The average molecular weight is 221 g/mol. The lowest BCUT2D eigenvalue weighted by Gasteiger charge is -2.26. The van der Waals surface area contributed by atoms with E-state index in [0.29, 0.717) is 0 Å². The van der Waals surface area contributed by atoms with Crippen LogP contribution in [0.1, 0.15) is 27.7 Å². The van der Waals surface area contributed by atoms with Crippen molar-refractivity contribution >= 4 is 11.8 Å². The molecule has 0 aromatic carbocycles. The first-order valence-electron chi connectivity index (χ1n) is 4.93. The third-order valence-corrected chi connectivity index (χ3v) is 2.76. The molecule has 0 aliphatic carbocycles. The topological polar surface area (TPSA) is 41.5 Å². The number of aliphatic hydroxyl groups is 1. The third kappa shape index (κ3) is 7.62. The zero-order chi connectivity index (χ0) is 11.2. The minimum atomic E-state index is -0.851. The largest absolute Gasteiger partial charge is 0.356 e. The Balaban J connectivity index is 3.69. The van der Waals surface area contributed by atoms with Crippen LogP contribution >= 0.6 is 11.8 Å². The lowest BCUT2D eigenvalue weighted by Crippen LogP contribution is -2.40. The summed E-state index contributed by atoms with van der Waals surface area (Å²) in [4.78, 5) is 0. The molecular formula is C10H23NO2S. The quantitative estimate of drug-likeness (QED) is 0.642. The van der Waals surface area contributed by atoms with Gasteiger partial charge in [0.25, 0.3) is 0 Å². The Hall–Kier alpha value is 0.230. The van der Waals surface area contributed by atoms with Crippen molar-refractivity contribution in [2.24, 2.45) is 5.41 Å². The van der Waals surface area contributed by atoms with Crippen LogP contribution < -0.4 is 5.32 Å². The molecule has 2 N–H and O–H groups in total. The van der Waals surface area contributed by atoms with Crippen molar-refractivity contribution in [2.75, 3.05) is 18.6 Å². The highest BCUT2D eigenvalue weighted by atomic mass is 32.2. The number of aliphatic hydroxyl groups excluding tert-OH is 1. The van der Waals surface area contributed by atoms with E-state index in [1.54, 1.807) is 0 Å². The Morgan fingerprint density at radius 3 is 2.43 bits per heavy atom. The lowest BCUT2D eigenvalue weighted by atomic mass is 9.97. The highest BCUT2D eigenvalue weighted by Crippen LogP contribution is 2.18. The second kappa shape index (κ2) is 6.67. The van der Waals surface area contributed by atoms with E-state index in [1.807, 2.05) is 25.6 Å². The monoisotopic (exact) mass is 221 g/mol. The predicted octanol–water partition coefficient (Wildman–Crippen LogP) is 1.67. The first-order chi connectivity index (χ1) is 6.37. The Morgan fingerprint density at radius 1 is 1.43 bits per heavy atom. The molecule has 0 radical (unpaired) electrons. The minimum Gasteiger partial charge on any atom is -0.356 e. The molecule has 0 bridgehead atoms. The third-order valence-electron chi connectivity index (χ3n) is 1.69. The summed E-state index contributed by atoms with van der Waals surface area (Å²) >= 11 is 1.81. The molecule has 3 nitrogen and oxygen atoms in total. The fourth-order valence-corrected chi connectivity index (χ4v) is 1.99. The predicted molar refractivity (Wildman–Crippen MR) is 62.4 cm³/mol. The van der Waals surface area contributed by atoms with Crippen LogP contribution in [0.15, 0.2) is 0 Å². The zero-order valence-corrected chi connectivity index (χ0v) is 10.6. The van der Waals surface area contributed by atoms with E-state index < -0.39 is 6.41 Å². The van der Waals surface area contributed by atoms with Gasteiger partial charge in [-0.15, -0.1) is 0 Å². The van der Waals surface area contributed by atoms with Crippen LogP contribution in [0.2, 0.25) is 0 Å². The molecule has 0 amide bonds. The molecule has 0 aliphatic rings. The van der Waals surface area contributed by atoms with E-state index in [-0.39, 0.29) is 11.5 Å². The van der Waals surface area contributed by atoms with E-state index in [0.717, 1.165) is 12.3 Å². The molecule has 0 spiro atoms. The number of ether oxygens (including phenoxy) is 1. The zero-order valence-electron chi connectivity index (χ0n) is 9.83. The number of hydrogen-bond donors (Lipinski definition) is 2. The molecule has 14 heavy (non-hydrogen) atoms. The Bertz CT molecular complexity index is 151.